The van der Waals surface area contributed by atoms with Crippen LogP contribution in [0.3, 0.4) is 0 Å². The lowest BCUT2D eigenvalue weighted by Gasteiger charge is -2.14. The lowest BCUT2D eigenvalue weighted by molar-refractivity contribution is -0.145. The zero-order chi connectivity index (χ0) is 12.9. The molecule has 0 aromatic carbocycles. The Bertz CT molecular complexity index is 363. The van der Waals surface area contributed by atoms with Crippen molar-refractivity contribution in [2.75, 3.05) is 0 Å². The van der Waals surface area contributed by atoms with Gasteiger partial charge in [0.1, 0.15) is 6.04 Å². The number of nitrogens with one attached hydrogen (secondary N) is 2. The van der Waals surface area contributed by atoms with Gasteiger partial charge in [-0.2, -0.15) is 17.9 Å². The zero-order valence-electron chi connectivity index (χ0n) is 8.80. The fourth-order valence-corrected chi connectivity index (χ4v) is 2.13. The smallest absolute Gasteiger partial charge is 0.322 e. The minimum Gasteiger partial charge on any atom is -0.481 e. The van der Waals surface area contributed by atoms with Crippen molar-refractivity contribution in [3.05, 3.63) is 0 Å². The monoisotopic (exact) mass is 254 g/mol. The molecule has 0 aromatic rings. The van der Waals surface area contributed by atoms with Gasteiger partial charge in [-0.3, -0.25) is 9.59 Å². The number of aliphatic carboxylic acids is 2. The van der Waals surface area contributed by atoms with E-state index in [4.69, 9.17) is 10.2 Å². The van der Waals surface area contributed by atoms with Gasteiger partial charge in [-0.15, -0.1) is 0 Å². The molecule has 0 aliphatic heterocycles. The van der Waals surface area contributed by atoms with Gasteiger partial charge in [0.25, 0.3) is 10.2 Å². The van der Waals surface area contributed by atoms with Crippen molar-refractivity contribution in [3.63, 3.8) is 0 Å². The van der Waals surface area contributed by atoms with Crippen LogP contribution in [0, 0.1) is 0 Å². The Morgan fingerprint density at radius 3 is 2.00 bits per heavy atom. The molecular formula is C7H14N2O6S. The van der Waals surface area contributed by atoms with Gasteiger partial charge in [-0.25, -0.2) is 0 Å². The van der Waals surface area contributed by atoms with Gasteiger partial charge >= 0.3 is 11.9 Å². The summed E-state index contributed by atoms with van der Waals surface area (Å²) in [5, 5.41) is 17.0. The van der Waals surface area contributed by atoms with Crippen LogP contribution in [-0.2, 0) is 19.8 Å². The van der Waals surface area contributed by atoms with Crippen LogP contribution < -0.4 is 9.44 Å². The fraction of sp³-hybridized carbons (Fsp3) is 0.714. The molecule has 0 amide bonds. The molecule has 0 saturated heterocycles. The zero-order valence-corrected chi connectivity index (χ0v) is 9.61. The second kappa shape index (κ2) is 5.77. The minimum absolute atomic E-state index is 0.420. The van der Waals surface area contributed by atoms with E-state index in [1.807, 2.05) is 0 Å². The van der Waals surface area contributed by atoms with Crippen molar-refractivity contribution in [3.8, 4) is 0 Å². The molecule has 16 heavy (non-hydrogen) atoms. The molecule has 4 N–H and O–H groups in total. The first-order valence-corrected chi connectivity index (χ1v) is 5.86. The normalized spacial score (nSPS) is 13.7. The molecule has 0 saturated carbocycles. The second-order valence-electron chi connectivity index (χ2n) is 3.38. The van der Waals surface area contributed by atoms with Crippen LogP contribution in [-0.4, -0.2) is 42.7 Å². The standard InChI is InChI=1S/C7H14N2O6S/c1-4(2)8-16(14,15)9-5(7(12)13)3-6(10)11/h4-5,8-9H,3H2,1-2H3,(H,10,11)(H,12,13)/t5-/m0/s1. The Morgan fingerprint density at radius 1 is 1.19 bits per heavy atom. The molecule has 0 unspecified atom stereocenters. The summed E-state index contributed by atoms with van der Waals surface area (Å²) in [6.45, 7) is 3.10. The highest BCUT2D eigenvalue weighted by molar-refractivity contribution is 7.87. The quantitative estimate of drug-likeness (QED) is 0.448. The van der Waals surface area contributed by atoms with Crippen LogP contribution in [0.4, 0.5) is 0 Å². The third kappa shape index (κ3) is 6.32. The summed E-state index contributed by atoms with van der Waals surface area (Å²) < 4.78 is 26.3. The predicted molar refractivity (Wildman–Crippen MR) is 54.0 cm³/mol. The first-order valence-electron chi connectivity index (χ1n) is 4.38. The maximum absolute atomic E-state index is 11.3. The number of rotatable bonds is 7. The van der Waals surface area contributed by atoms with E-state index in [-0.39, 0.29) is 0 Å². The summed E-state index contributed by atoms with van der Waals surface area (Å²) in [5.41, 5.74) is 0. The molecule has 94 valence electrons. The number of carbonyl (C=O) groups is 2. The summed E-state index contributed by atoms with van der Waals surface area (Å²) in [6, 6.07) is -2.11. The third-order valence-electron chi connectivity index (χ3n) is 1.37. The average Bonchev–Trinajstić information content (AvgIpc) is 1.98. The molecule has 0 aliphatic rings. The lowest BCUT2D eigenvalue weighted by Crippen LogP contribution is -2.48. The SMILES string of the molecule is CC(C)NS(=O)(=O)N[C@@H](CC(=O)O)C(=O)O. The van der Waals surface area contributed by atoms with Gasteiger partial charge in [0.2, 0.25) is 0 Å². The molecule has 0 spiro atoms. The van der Waals surface area contributed by atoms with Crippen LogP contribution >= 0.6 is 0 Å². The van der Waals surface area contributed by atoms with Crippen LogP contribution in [0.2, 0.25) is 0 Å². The Hall–Kier alpha value is -1.19. The molecule has 1 atom stereocenters. The number of hydrogen-bond donors (Lipinski definition) is 4. The van der Waals surface area contributed by atoms with E-state index in [2.05, 4.69) is 4.72 Å². The molecule has 9 heteroatoms. The van der Waals surface area contributed by atoms with Gasteiger partial charge in [0.15, 0.2) is 0 Å². The van der Waals surface area contributed by atoms with Gasteiger partial charge in [0, 0.05) is 6.04 Å². The van der Waals surface area contributed by atoms with Crippen LogP contribution in [0.15, 0.2) is 0 Å². The van der Waals surface area contributed by atoms with Crippen molar-refractivity contribution in [1.29, 1.82) is 0 Å². The Labute approximate surface area is 92.8 Å². The highest BCUT2D eigenvalue weighted by atomic mass is 32.2. The van der Waals surface area contributed by atoms with E-state index in [0.29, 0.717) is 0 Å². The number of carboxylic acid groups (broad SMARTS) is 2. The molecular weight excluding hydrogens is 240 g/mol. The Morgan fingerprint density at radius 2 is 1.69 bits per heavy atom. The van der Waals surface area contributed by atoms with Crippen molar-refractivity contribution in [1.82, 2.24) is 9.44 Å². The molecule has 0 aliphatic carbocycles. The highest BCUT2D eigenvalue weighted by Gasteiger charge is 2.26. The van der Waals surface area contributed by atoms with Crippen molar-refractivity contribution in [2.45, 2.75) is 32.4 Å². The summed E-state index contributed by atoms with van der Waals surface area (Å²) >= 11 is 0. The van der Waals surface area contributed by atoms with Crippen LogP contribution in [0.5, 0.6) is 0 Å². The van der Waals surface area contributed by atoms with E-state index in [1.165, 1.54) is 0 Å². The fourth-order valence-electron chi connectivity index (χ4n) is 0.886. The molecule has 8 nitrogen and oxygen atoms in total. The van der Waals surface area contributed by atoms with Gasteiger partial charge in [-0.1, -0.05) is 0 Å². The maximum atomic E-state index is 11.3. The molecule has 0 fully saturated rings. The third-order valence-corrected chi connectivity index (χ3v) is 2.74. The first-order chi connectivity index (χ1) is 7.14. The van der Waals surface area contributed by atoms with E-state index in [9.17, 15) is 18.0 Å². The Kier molecular flexibility index (Phi) is 5.35. The summed E-state index contributed by atoms with van der Waals surface area (Å²) in [4.78, 5) is 20.9. The number of carboxylic acids is 2. The molecule has 0 aromatic heterocycles. The van der Waals surface area contributed by atoms with E-state index >= 15 is 0 Å². The van der Waals surface area contributed by atoms with Gasteiger partial charge in [-0.05, 0) is 13.8 Å². The summed E-state index contributed by atoms with van der Waals surface area (Å²) in [5.74, 6) is -2.95. The molecule has 0 rings (SSSR count). The van der Waals surface area contributed by atoms with Crippen LogP contribution in [0.25, 0.3) is 0 Å². The topological polar surface area (TPSA) is 133 Å². The molecule has 0 radical (unpaired) electrons. The van der Waals surface area contributed by atoms with Gasteiger partial charge in [0.05, 0.1) is 6.42 Å². The lowest BCUT2D eigenvalue weighted by atomic mass is 10.2. The summed E-state index contributed by atoms with van der Waals surface area (Å²) in [6.07, 6.45) is -0.825. The highest BCUT2D eigenvalue weighted by Crippen LogP contribution is 1.96. The minimum atomic E-state index is -4.01. The van der Waals surface area contributed by atoms with Crippen molar-refractivity contribution in [2.24, 2.45) is 0 Å². The second-order valence-corrected chi connectivity index (χ2v) is 4.86. The van der Waals surface area contributed by atoms with E-state index < -0.39 is 40.7 Å². The summed E-state index contributed by atoms with van der Waals surface area (Å²) in [7, 11) is -4.01. The van der Waals surface area contributed by atoms with E-state index in [1.54, 1.807) is 18.6 Å². The van der Waals surface area contributed by atoms with E-state index in [0.717, 1.165) is 0 Å². The average molecular weight is 254 g/mol. The maximum Gasteiger partial charge on any atom is 0.322 e. The van der Waals surface area contributed by atoms with Crippen molar-refractivity contribution < 1.29 is 28.2 Å². The first kappa shape index (κ1) is 14.8. The van der Waals surface area contributed by atoms with Crippen LogP contribution in [0.1, 0.15) is 20.3 Å². The van der Waals surface area contributed by atoms with Gasteiger partial charge < -0.3 is 10.2 Å². The molecule has 0 bridgehead atoms. The Balaban J connectivity index is 4.63. The van der Waals surface area contributed by atoms with Crippen molar-refractivity contribution >= 4 is 22.1 Å². The largest absolute Gasteiger partial charge is 0.481 e. The predicted octanol–water partition coefficient (Wildman–Crippen LogP) is -1.25. The molecule has 0 heterocycles. The number of hydrogen-bond acceptors (Lipinski definition) is 4.